The van der Waals surface area contributed by atoms with Gasteiger partial charge < -0.3 is 4.74 Å². The Kier molecular flexibility index (Phi) is 2.94. The zero-order valence-electron chi connectivity index (χ0n) is 9.84. The highest BCUT2D eigenvalue weighted by Gasteiger charge is 2.05. The van der Waals surface area contributed by atoms with Gasteiger partial charge in [0.15, 0.2) is 5.75 Å². The van der Waals surface area contributed by atoms with E-state index in [1.807, 2.05) is 30.9 Å². The fraction of sp³-hybridized carbons (Fsp3) is 0.455. The van der Waals surface area contributed by atoms with E-state index in [1.54, 1.807) is 10.9 Å². The highest BCUT2D eigenvalue weighted by molar-refractivity contribution is 5.13. The van der Waals surface area contributed by atoms with Crippen molar-refractivity contribution < 1.29 is 4.74 Å². The average molecular weight is 220 g/mol. The molecule has 0 aliphatic heterocycles. The summed E-state index contributed by atoms with van der Waals surface area (Å²) in [6.45, 7) is 5.44. The van der Waals surface area contributed by atoms with Crippen LogP contribution in [0.25, 0.3) is 0 Å². The maximum atomic E-state index is 5.62. The van der Waals surface area contributed by atoms with Crippen LogP contribution < -0.4 is 4.74 Å². The smallest absolute Gasteiger partial charge is 0.157 e. The van der Waals surface area contributed by atoms with E-state index in [4.69, 9.17) is 4.74 Å². The van der Waals surface area contributed by atoms with Gasteiger partial charge in [0.25, 0.3) is 0 Å². The first-order valence-electron chi connectivity index (χ1n) is 5.34. The van der Waals surface area contributed by atoms with E-state index in [-0.39, 0.29) is 0 Å². The Bertz CT molecular complexity index is 472. The zero-order chi connectivity index (χ0) is 11.5. The Morgan fingerprint density at radius 1 is 1.44 bits per heavy atom. The lowest BCUT2D eigenvalue weighted by molar-refractivity contribution is 0.292. The molecule has 5 heteroatoms. The quantitative estimate of drug-likeness (QED) is 0.784. The third kappa shape index (κ3) is 2.24. The summed E-state index contributed by atoms with van der Waals surface area (Å²) in [6.07, 6.45) is 3.55. The van der Waals surface area contributed by atoms with E-state index in [2.05, 4.69) is 17.1 Å². The summed E-state index contributed by atoms with van der Waals surface area (Å²) in [6, 6.07) is 2.04. The van der Waals surface area contributed by atoms with Crippen LogP contribution in [0.1, 0.15) is 18.3 Å². The van der Waals surface area contributed by atoms with E-state index in [9.17, 15) is 0 Å². The molecule has 0 aromatic carbocycles. The van der Waals surface area contributed by atoms with Gasteiger partial charge in [-0.3, -0.25) is 9.36 Å². The number of hydrogen-bond donors (Lipinski definition) is 0. The first kappa shape index (κ1) is 10.7. The Hall–Kier alpha value is -1.78. The predicted octanol–water partition coefficient (Wildman–Crippen LogP) is 1.52. The van der Waals surface area contributed by atoms with Gasteiger partial charge in [-0.1, -0.05) is 0 Å². The lowest BCUT2D eigenvalue weighted by atomic mass is 10.4. The van der Waals surface area contributed by atoms with Crippen molar-refractivity contribution >= 4 is 0 Å². The summed E-state index contributed by atoms with van der Waals surface area (Å²) in [5, 5.41) is 8.41. The molecule has 2 aromatic heterocycles. The minimum atomic E-state index is 0.528. The number of aryl methyl sites for hydroxylation is 3. The van der Waals surface area contributed by atoms with E-state index in [1.165, 1.54) is 0 Å². The summed E-state index contributed by atoms with van der Waals surface area (Å²) in [7, 11) is 1.87. The second kappa shape index (κ2) is 4.38. The summed E-state index contributed by atoms with van der Waals surface area (Å²) in [5.74, 6) is 0.781. The maximum absolute atomic E-state index is 5.62. The Balaban J connectivity index is 2.04. The van der Waals surface area contributed by atoms with Crippen molar-refractivity contribution in [2.24, 2.45) is 7.05 Å². The van der Waals surface area contributed by atoms with Gasteiger partial charge >= 0.3 is 0 Å². The van der Waals surface area contributed by atoms with Gasteiger partial charge in [0.1, 0.15) is 6.61 Å². The van der Waals surface area contributed by atoms with Crippen LogP contribution in [0.2, 0.25) is 0 Å². The van der Waals surface area contributed by atoms with Crippen LogP contribution in [0.15, 0.2) is 18.5 Å². The summed E-state index contributed by atoms with van der Waals surface area (Å²) >= 11 is 0. The first-order chi connectivity index (χ1) is 7.69. The molecule has 0 fully saturated rings. The molecule has 0 amide bonds. The molecule has 0 N–H and O–H groups in total. The molecule has 0 atom stereocenters. The molecule has 0 saturated carbocycles. The van der Waals surface area contributed by atoms with Crippen LogP contribution in [0, 0.1) is 6.92 Å². The van der Waals surface area contributed by atoms with Crippen molar-refractivity contribution in [3.05, 3.63) is 29.8 Å². The van der Waals surface area contributed by atoms with Crippen molar-refractivity contribution in [3.8, 4) is 5.75 Å². The summed E-state index contributed by atoms with van der Waals surface area (Å²) < 4.78 is 9.29. The van der Waals surface area contributed by atoms with Crippen molar-refractivity contribution in [2.45, 2.75) is 27.0 Å². The number of ether oxygens (including phenoxy) is 1. The van der Waals surface area contributed by atoms with Gasteiger partial charge in [0.05, 0.1) is 23.8 Å². The van der Waals surface area contributed by atoms with Crippen LogP contribution in [-0.2, 0) is 20.2 Å². The largest absolute Gasteiger partial charge is 0.484 e. The summed E-state index contributed by atoms with van der Waals surface area (Å²) in [4.78, 5) is 0. The molecule has 86 valence electrons. The lowest BCUT2D eigenvalue weighted by Crippen LogP contribution is -2.05. The third-order valence-electron chi connectivity index (χ3n) is 2.35. The molecule has 16 heavy (non-hydrogen) atoms. The Morgan fingerprint density at radius 3 is 2.88 bits per heavy atom. The van der Waals surface area contributed by atoms with Gasteiger partial charge in [0, 0.05) is 13.6 Å². The van der Waals surface area contributed by atoms with Crippen LogP contribution in [0.3, 0.4) is 0 Å². The number of aromatic nitrogens is 4. The Morgan fingerprint density at radius 2 is 2.25 bits per heavy atom. The third-order valence-corrected chi connectivity index (χ3v) is 2.35. The van der Waals surface area contributed by atoms with Gasteiger partial charge in [0.2, 0.25) is 0 Å². The molecule has 0 aliphatic rings. The van der Waals surface area contributed by atoms with Gasteiger partial charge in [-0.05, 0) is 19.9 Å². The molecule has 2 heterocycles. The minimum Gasteiger partial charge on any atom is -0.484 e. The van der Waals surface area contributed by atoms with Crippen molar-refractivity contribution in [1.29, 1.82) is 0 Å². The number of nitrogens with zero attached hydrogens (tertiary/aromatic N) is 4. The molecule has 0 bridgehead atoms. The van der Waals surface area contributed by atoms with Crippen molar-refractivity contribution in [3.63, 3.8) is 0 Å². The van der Waals surface area contributed by atoms with Crippen LogP contribution in [0.5, 0.6) is 5.75 Å². The Labute approximate surface area is 94.6 Å². The average Bonchev–Trinajstić information content (AvgIpc) is 2.81. The lowest BCUT2D eigenvalue weighted by Gasteiger charge is -2.05. The highest BCUT2D eigenvalue weighted by atomic mass is 16.5. The predicted molar refractivity (Wildman–Crippen MR) is 60.2 cm³/mol. The van der Waals surface area contributed by atoms with E-state index < -0.39 is 0 Å². The fourth-order valence-corrected chi connectivity index (χ4v) is 1.62. The molecule has 0 saturated heterocycles. The standard InChI is InChI=1S/C11H16N4O/c1-4-15-10(5-9(2)13-15)8-16-11-6-12-14(3)7-11/h5-7H,4,8H2,1-3H3. The van der Waals surface area contributed by atoms with E-state index in [0.29, 0.717) is 6.61 Å². The highest BCUT2D eigenvalue weighted by Crippen LogP contribution is 2.11. The molecule has 2 rings (SSSR count). The van der Waals surface area contributed by atoms with Crippen molar-refractivity contribution in [2.75, 3.05) is 0 Å². The molecule has 5 nitrogen and oxygen atoms in total. The molecular formula is C11H16N4O. The number of rotatable bonds is 4. The minimum absolute atomic E-state index is 0.528. The van der Waals surface area contributed by atoms with Gasteiger partial charge in [-0.2, -0.15) is 10.2 Å². The van der Waals surface area contributed by atoms with Gasteiger partial charge in [-0.25, -0.2) is 0 Å². The van der Waals surface area contributed by atoms with E-state index in [0.717, 1.165) is 23.7 Å². The fourth-order valence-electron chi connectivity index (χ4n) is 1.62. The van der Waals surface area contributed by atoms with Gasteiger partial charge in [-0.15, -0.1) is 0 Å². The second-order valence-electron chi connectivity index (χ2n) is 3.73. The number of hydrogen-bond acceptors (Lipinski definition) is 3. The topological polar surface area (TPSA) is 44.9 Å². The molecule has 0 radical (unpaired) electrons. The molecule has 0 spiro atoms. The molecular weight excluding hydrogens is 204 g/mol. The summed E-state index contributed by atoms with van der Waals surface area (Å²) in [5.41, 5.74) is 2.11. The molecule has 0 aliphatic carbocycles. The van der Waals surface area contributed by atoms with Crippen LogP contribution in [-0.4, -0.2) is 19.6 Å². The normalized spacial score (nSPS) is 10.7. The molecule has 0 unspecified atom stereocenters. The van der Waals surface area contributed by atoms with Crippen LogP contribution in [0.4, 0.5) is 0 Å². The van der Waals surface area contributed by atoms with E-state index >= 15 is 0 Å². The van der Waals surface area contributed by atoms with Crippen LogP contribution >= 0.6 is 0 Å². The zero-order valence-corrected chi connectivity index (χ0v) is 9.84. The monoisotopic (exact) mass is 220 g/mol. The second-order valence-corrected chi connectivity index (χ2v) is 3.73. The maximum Gasteiger partial charge on any atom is 0.157 e. The van der Waals surface area contributed by atoms with Crippen molar-refractivity contribution in [1.82, 2.24) is 19.6 Å². The molecule has 2 aromatic rings. The SMILES string of the molecule is CCn1nc(C)cc1COc1cnn(C)c1. The first-order valence-corrected chi connectivity index (χ1v) is 5.34.